The fraction of sp³-hybridized carbons (Fsp3) is 0.600. The summed E-state index contributed by atoms with van der Waals surface area (Å²) in [5, 5.41) is 4.14. The Morgan fingerprint density at radius 3 is 3.05 bits per heavy atom. The van der Waals surface area contributed by atoms with E-state index in [0.29, 0.717) is 11.8 Å². The van der Waals surface area contributed by atoms with Crippen LogP contribution in [0.25, 0.3) is 10.8 Å². The van der Waals surface area contributed by atoms with E-state index in [2.05, 4.69) is 16.2 Å². The van der Waals surface area contributed by atoms with E-state index in [0.717, 1.165) is 30.3 Å². The van der Waals surface area contributed by atoms with Gasteiger partial charge in [0.2, 0.25) is 0 Å². The van der Waals surface area contributed by atoms with Gasteiger partial charge in [-0.3, -0.25) is 0 Å². The normalized spacial score (nSPS) is 22.7. The van der Waals surface area contributed by atoms with Gasteiger partial charge < -0.3 is 9.26 Å². The van der Waals surface area contributed by atoms with Crippen LogP contribution in [0.4, 0.5) is 0 Å². The lowest BCUT2D eigenvalue weighted by Crippen LogP contribution is -1.99. The number of aromatic nitrogens is 2. The van der Waals surface area contributed by atoms with Crippen LogP contribution in [0.3, 0.4) is 0 Å². The number of hydrogen-bond acceptors (Lipinski definition) is 5. The fourth-order valence-corrected chi connectivity index (χ4v) is 4.19. The van der Waals surface area contributed by atoms with Crippen LogP contribution in [-0.2, 0) is 17.6 Å². The molecule has 3 heterocycles. The van der Waals surface area contributed by atoms with Gasteiger partial charge >= 0.3 is 0 Å². The highest BCUT2D eigenvalue weighted by atomic mass is 32.1. The fourth-order valence-electron chi connectivity index (χ4n) is 3.01. The molecule has 0 bridgehead atoms. The van der Waals surface area contributed by atoms with Crippen molar-refractivity contribution in [1.29, 1.82) is 0 Å². The summed E-state index contributed by atoms with van der Waals surface area (Å²) < 4.78 is 10.9. The molecule has 2 aliphatic rings. The van der Waals surface area contributed by atoms with Crippen molar-refractivity contribution < 1.29 is 9.26 Å². The summed E-state index contributed by atoms with van der Waals surface area (Å²) in [7, 11) is 0. The lowest BCUT2D eigenvalue weighted by Gasteiger charge is -1.97. The van der Waals surface area contributed by atoms with Crippen molar-refractivity contribution in [3.63, 3.8) is 0 Å². The Labute approximate surface area is 122 Å². The maximum atomic E-state index is 5.47. The molecule has 1 fully saturated rings. The number of thiophene rings is 1. The van der Waals surface area contributed by atoms with Gasteiger partial charge in [-0.25, -0.2) is 0 Å². The molecular weight excluding hydrogens is 272 g/mol. The van der Waals surface area contributed by atoms with Crippen molar-refractivity contribution in [3.05, 3.63) is 22.3 Å². The van der Waals surface area contributed by atoms with Gasteiger partial charge in [0.25, 0.3) is 5.89 Å². The Morgan fingerprint density at radius 1 is 1.20 bits per heavy atom. The summed E-state index contributed by atoms with van der Waals surface area (Å²) in [5.74, 6) is 1.80. The molecular formula is C15H18N2O2S. The van der Waals surface area contributed by atoms with E-state index >= 15 is 0 Å². The SMILES string of the molecule is c1c(-c2nc([C@H]3CCOC3)no2)sc2c1CCCCC2. The maximum absolute atomic E-state index is 5.47. The zero-order chi connectivity index (χ0) is 13.4. The molecule has 0 aromatic carbocycles. The van der Waals surface area contributed by atoms with Crippen LogP contribution in [0, 0.1) is 0 Å². The molecule has 2 aromatic rings. The summed E-state index contributed by atoms with van der Waals surface area (Å²) in [6.45, 7) is 1.53. The molecule has 2 aromatic heterocycles. The first-order valence-corrected chi connectivity index (χ1v) is 8.25. The molecule has 4 rings (SSSR count). The largest absolute Gasteiger partial charge is 0.381 e. The smallest absolute Gasteiger partial charge is 0.268 e. The molecule has 0 spiro atoms. The van der Waals surface area contributed by atoms with E-state index < -0.39 is 0 Å². The molecule has 1 saturated heterocycles. The third-order valence-electron chi connectivity index (χ3n) is 4.19. The number of hydrogen-bond donors (Lipinski definition) is 0. The highest BCUT2D eigenvalue weighted by Gasteiger charge is 2.24. The van der Waals surface area contributed by atoms with Gasteiger partial charge in [0, 0.05) is 17.4 Å². The second-order valence-corrected chi connectivity index (χ2v) is 6.77. The van der Waals surface area contributed by atoms with E-state index in [4.69, 9.17) is 9.26 Å². The summed E-state index contributed by atoms with van der Waals surface area (Å²) in [4.78, 5) is 7.23. The Balaban J connectivity index is 1.61. The van der Waals surface area contributed by atoms with Crippen LogP contribution in [0.5, 0.6) is 0 Å². The first-order valence-electron chi connectivity index (χ1n) is 7.43. The maximum Gasteiger partial charge on any atom is 0.268 e. The Morgan fingerprint density at radius 2 is 2.15 bits per heavy atom. The molecule has 106 valence electrons. The minimum absolute atomic E-state index is 0.310. The van der Waals surface area contributed by atoms with Crippen molar-refractivity contribution in [1.82, 2.24) is 10.1 Å². The van der Waals surface area contributed by atoms with Gasteiger partial charge in [0.1, 0.15) is 0 Å². The molecule has 0 amide bonds. The van der Waals surface area contributed by atoms with Crippen molar-refractivity contribution in [2.45, 2.75) is 44.4 Å². The number of rotatable bonds is 2. The zero-order valence-corrected chi connectivity index (χ0v) is 12.2. The molecule has 1 aliphatic carbocycles. The zero-order valence-electron chi connectivity index (χ0n) is 11.4. The van der Waals surface area contributed by atoms with E-state index in [1.54, 1.807) is 0 Å². The molecule has 1 aliphatic heterocycles. The standard InChI is InChI=1S/C15H18N2O2S/c1-2-4-10-8-13(20-12(10)5-3-1)15-16-14(17-19-15)11-6-7-18-9-11/h8,11H,1-7,9H2/t11-/m0/s1. The highest BCUT2D eigenvalue weighted by molar-refractivity contribution is 7.15. The van der Waals surface area contributed by atoms with Gasteiger partial charge in [0.15, 0.2) is 5.82 Å². The van der Waals surface area contributed by atoms with Crippen LogP contribution in [0.1, 0.15) is 47.9 Å². The minimum Gasteiger partial charge on any atom is -0.381 e. The minimum atomic E-state index is 0.310. The number of fused-ring (bicyclic) bond motifs is 1. The van der Waals surface area contributed by atoms with Crippen molar-refractivity contribution in [2.24, 2.45) is 0 Å². The Hall–Kier alpha value is -1.20. The van der Waals surface area contributed by atoms with Crippen molar-refractivity contribution in [3.8, 4) is 10.8 Å². The molecule has 5 heteroatoms. The molecule has 0 saturated carbocycles. The average molecular weight is 290 g/mol. The quantitative estimate of drug-likeness (QED) is 0.793. The predicted molar refractivity (Wildman–Crippen MR) is 77.0 cm³/mol. The lowest BCUT2D eigenvalue weighted by atomic mass is 10.1. The monoisotopic (exact) mass is 290 g/mol. The second-order valence-electron chi connectivity index (χ2n) is 5.64. The number of nitrogens with zero attached hydrogens (tertiary/aromatic N) is 2. The van der Waals surface area contributed by atoms with Crippen LogP contribution >= 0.6 is 11.3 Å². The van der Waals surface area contributed by atoms with E-state index in [1.807, 2.05) is 11.3 Å². The van der Waals surface area contributed by atoms with E-state index in [-0.39, 0.29) is 0 Å². The van der Waals surface area contributed by atoms with Crippen LogP contribution < -0.4 is 0 Å². The summed E-state index contributed by atoms with van der Waals surface area (Å²) in [5.41, 5.74) is 1.49. The number of ether oxygens (including phenoxy) is 1. The van der Waals surface area contributed by atoms with Gasteiger partial charge in [0.05, 0.1) is 11.5 Å². The first kappa shape index (κ1) is 12.5. The van der Waals surface area contributed by atoms with Gasteiger partial charge in [-0.2, -0.15) is 4.98 Å². The average Bonchev–Trinajstić information content (AvgIpc) is 3.16. The molecule has 0 N–H and O–H groups in total. The third kappa shape index (κ3) is 2.29. The molecule has 20 heavy (non-hydrogen) atoms. The summed E-state index contributed by atoms with van der Waals surface area (Å²) in [6.07, 6.45) is 7.36. The third-order valence-corrected chi connectivity index (χ3v) is 5.42. The second kappa shape index (κ2) is 5.30. The Bertz CT molecular complexity index is 575. The lowest BCUT2D eigenvalue weighted by molar-refractivity contribution is 0.192. The van der Waals surface area contributed by atoms with Gasteiger partial charge in [-0.05, 0) is 43.7 Å². The Kier molecular flexibility index (Phi) is 3.32. The van der Waals surface area contributed by atoms with E-state index in [1.165, 1.54) is 42.5 Å². The predicted octanol–water partition coefficient (Wildman–Crippen LogP) is 3.57. The van der Waals surface area contributed by atoms with Crippen LogP contribution in [0.2, 0.25) is 0 Å². The number of aryl methyl sites for hydroxylation is 2. The molecule has 0 radical (unpaired) electrons. The van der Waals surface area contributed by atoms with E-state index in [9.17, 15) is 0 Å². The molecule has 1 atom stereocenters. The van der Waals surface area contributed by atoms with Gasteiger partial charge in [-0.15, -0.1) is 11.3 Å². The van der Waals surface area contributed by atoms with Crippen molar-refractivity contribution in [2.75, 3.05) is 13.2 Å². The summed E-state index contributed by atoms with van der Waals surface area (Å²) >= 11 is 1.83. The van der Waals surface area contributed by atoms with Crippen molar-refractivity contribution >= 4 is 11.3 Å². The molecule has 0 unspecified atom stereocenters. The highest BCUT2D eigenvalue weighted by Crippen LogP contribution is 2.35. The summed E-state index contributed by atoms with van der Waals surface area (Å²) in [6, 6.07) is 2.26. The first-order chi connectivity index (χ1) is 9.90. The van der Waals surface area contributed by atoms with Crippen LogP contribution in [-0.4, -0.2) is 23.4 Å². The molecule has 4 nitrogen and oxygen atoms in total. The van der Waals surface area contributed by atoms with Crippen LogP contribution in [0.15, 0.2) is 10.6 Å². The topological polar surface area (TPSA) is 48.2 Å². The van der Waals surface area contributed by atoms with Gasteiger partial charge in [-0.1, -0.05) is 11.6 Å².